The van der Waals surface area contributed by atoms with Crippen LogP contribution in [0.4, 0.5) is 0 Å². The number of unbranched alkanes of at least 4 members (excludes halogenated alkanes) is 1. The highest BCUT2D eigenvalue weighted by molar-refractivity contribution is 5.94. The number of aliphatic hydroxyl groups excluding tert-OH is 1. The van der Waals surface area contributed by atoms with E-state index in [0.29, 0.717) is 25.8 Å². The molecule has 34 heavy (non-hydrogen) atoms. The number of rotatable bonds is 17. The van der Waals surface area contributed by atoms with E-state index in [4.69, 9.17) is 22.9 Å². The summed E-state index contributed by atoms with van der Waals surface area (Å²) in [6, 6.07) is -4.59. The highest BCUT2D eigenvalue weighted by atomic mass is 16.4. The van der Waals surface area contributed by atoms with Gasteiger partial charge in [-0.1, -0.05) is 13.8 Å². The van der Waals surface area contributed by atoms with Gasteiger partial charge in [0.1, 0.15) is 18.1 Å². The molecule has 4 unspecified atom stereocenters. The number of hydrogen-bond acceptors (Lipinski definition) is 8. The number of carbonyl (C=O) groups excluding carboxylic acids is 3. The number of aliphatic imine (C=N–C) groups is 1. The molecule has 13 N–H and O–H groups in total. The summed E-state index contributed by atoms with van der Waals surface area (Å²) in [5.41, 5.74) is 21.8. The summed E-state index contributed by atoms with van der Waals surface area (Å²) >= 11 is 0. The van der Waals surface area contributed by atoms with Gasteiger partial charge in [0.05, 0.1) is 12.6 Å². The van der Waals surface area contributed by atoms with E-state index < -0.39 is 54.5 Å². The normalized spacial score (nSPS) is 14.4. The lowest BCUT2D eigenvalue weighted by atomic mass is 10.0. The van der Waals surface area contributed by atoms with Gasteiger partial charge in [0.25, 0.3) is 0 Å². The molecule has 0 fully saturated rings. The number of nitrogens with one attached hydrogen (secondary N) is 3. The average Bonchev–Trinajstić information content (AvgIpc) is 2.77. The number of carboxylic acid groups (broad SMARTS) is 1. The van der Waals surface area contributed by atoms with Crippen LogP contribution in [-0.2, 0) is 19.2 Å². The van der Waals surface area contributed by atoms with E-state index in [9.17, 15) is 29.4 Å². The smallest absolute Gasteiger partial charge is 0.326 e. The van der Waals surface area contributed by atoms with E-state index in [1.165, 1.54) is 0 Å². The van der Waals surface area contributed by atoms with Gasteiger partial charge < -0.3 is 49.1 Å². The van der Waals surface area contributed by atoms with Crippen molar-refractivity contribution in [3.63, 3.8) is 0 Å². The third kappa shape index (κ3) is 12.3. The van der Waals surface area contributed by atoms with Crippen molar-refractivity contribution in [1.82, 2.24) is 16.0 Å². The largest absolute Gasteiger partial charge is 0.480 e. The van der Waals surface area contributed by atoms with Crippen LogP contribution in [0, 0.1) is 5.92 Å². The van der Waals surface area contributed by atoms with Crippen molar-refractivity contribution in [2.45, 2.75) is 70.1 Å². The van der Waals surface area contributed by atoms with Gasteiger partial charge in [-0.3, -0.25) is 19.4 Å². The first-order valence-electron chi connectivity index (χ1n) is 11.2. The number of aliphatic carboxylic acids is 1. The van der Waals surface area contributed by atoms with Crippen molar-refractivity contribution in [2.75, 3.05) is 19.7 Å². The number of guanidine groups is 1. The fourth-order valence-corrected chi connectivity index (χ4v) is 2.83. The predicted octanol–water partition coefficient (Wildman–Crippen LogP) is -3.32. The summed E-state index contributed by atoms with van der Waals surface area (Å²) in [5.74, 6) is -3.75. The Kier molecular flexibility index (Phi) is 15.2. The van der Waals surface area contributed by atoms with Crippen molar-refractivity contribution < 1.29 is 29.4 Å². The quantitative estimate of drug-likeness (QED) is 0.0558. The van der Waals surface area contributed by atoms with E-state index in [1.807, 2.05) is 0 Å². The lowest BCUT2D eigenvalue weighted by molar-refractivity contribution is -0.142. The first-order chi connectivity index (χ1) is 15.9. The van der Waals surface area contributed by atoms with Crippen molar-refractivity contribution in [3.05, 3.63) is 0 Å². The van der Waals surface area contributed by atoms with Crippen LogP contribution in [0.1, 0.15) is 46.0 Å². The number of nitrogens with zero attached hydrogens (tertiary/aromatic N) is 1. The zero-order valence-corrected chi connectivity index (χ0v) is 19.8. The number of carboxylic acids is 1. The van der Waals surface area contributed by atoms with Crippen LogP contribution in [0.2, 0.25) is 0 Å². The average molecular weight is 489 g/mol. The lowest BCUT2D eigenvalue weighted by Gasteiger charge is -2.25. The van der Waals surface area contributed by atoms with E-state index in [0.717, 1.165) is 0 Å². The van der Waals surface area contributed by atoms with Crippen molar-refractivity contribution >= 4 is 29.7 Å². The van der Waals surface area contributed by atoms with E-state index >= 15 is 0 Å². The second-order valence-corrected chi connectivity index (χ2v) is 8.21. The fraction of sp³-hybridized carbons (Fsp3) is 0.750. The van der Waals surface area contributed by atoms with Crippen LogP contribution >= 0.6 is 0 Å². The maximum atomic E-state index is 12.8. The summed E-state index contributed by atoms with van der Waals surface area (Å²) in [5, 5.41) is 26.1. The van der Waals surface area contributed by atoms with Gasteiger partial charge in [0.15, 0.2) is 5.96 Å². The topological polar surface area (TPSA) is 261 Å². The van der Waals surface area contributed by atoms with Crippen LogP contribution in [0.25, 0.3) is 0 Å². The molecule has 196 valence electrons. The van der Waals surface area contributed by atoms with Crippen LogP contribution in [0.15, 0.2) is 4.99 Å². The number of aliphatic hydroxyl groups is 1. The van der Waals surface area contributed by atoms with Gasteiger partial charge in [0, 0.05) is 6.54 Å². The molecule has 0 radical (unpaired) electrons. The summed E-state index contributed by atoms with van der Waals surface area (Å²) in [6.45, 7) is 3.29. The molecule has 14 nitrogen and oxygen atoms in total. The van der Waals surface area contributed by atoms with Crippen molar-refractivity contribution in [1.29, 1.82) is 0 Å². The maximum absolute atomic E-state index is 12.8. The molecule has 0 spiro atoms. The molecular formula is C20H40N8O6. The van der Waals surface area contributed by atoms with E-state index in [1.54, 1.807) is 13.8 Å². The first-order valence-corrected chi connectivity index (χ1v) is 11.2. The molecule has 0 saturated heterocycles. The number of amides is 3. The number of hydrogen-bond donors (Lipinski definition) is 9. The molecule has 0 saturated carbocycles. The Labute approximate surface area is 199 Å². The van der Waals surface area contributed by atoms with E-state index in [2.05, 4.69) is 20.9 Å². The van der Waals surface area contributed by atoms with Gasteiger partial charge in [-0.05, 0) is 44.6 Å². The molecule has 0 aliphatic heterocycles. The SMILES string of the molecule is CC(C)C(N)C(=O)NC(CCCN=C(N)N)C(=O)NC(CO)C(=O)NC(CCCCN)C(=O)O. The third-order valence-electron chi connectivity index (χ3n) is 4.98. The van der Waals surface area contributed by atoms with Crippen LogP contribution < -0.4 is 38.9 Å². The highest BCUT2D eigenvalue weighted by Crippen LogP contribution is 2.05. The molecule has 0 bridgehead atoms. The van der Waals surface area contributed by atoms with Crippen LogP contribution in [0.3, 0.4) is 0 Å². The second kappa shape index (κ2) is 16.6. The fourth-order valence-electron chi connectivity index (χ4n) is 2.83. The molecule has 4 atom stereocenters. The summed E-state index contributed by atoms with van der Waals surface area (Å²) in [7, 11) is 0. The first kappa shape index (κ1) is 31.0. The molecule has 0 rings (SSSR count). The third-order valence-corrected chi connectivity index (χ3v) is 4.98. The zero-order chi connectivity index (χ0) is 26.3. The minimum absolute atomic E-state index is 0.121. The minimum atomic E-state index is -1.43. The Hall–Kier alpha value is -2.97. The monoisotopic (exact) mass is 488 g/mol. The van der Waals surface area contributed by atoms with Gasteiger partial charge in [-0.15, -0.1) is 0 Å². The minimum Gasteiger partial charge on any atom is -0.480 e. The molecule has 0 heterocycles. The number of carbonyl (C=O) groups is 4. The predicted molar refractivity (Wildman–Crippen MR) is 126 cm³/mol. The van der Waals surface area contributed by atoms with Crippen LogP contribution in [0.5, 0.6) is 0 Å². The molecule has 0 aliphatic rings. The molecule has 14 heteroatoms. The zero-order valence-electron chi connectivity index (χ0n) is 19.8. The Bertz CT molecular complexity index is 699. The summed E-state index contributed by atoms with van der Waals surface area (Å²) in [4.78, 5) is 53.0. The second-order valence-electron chi connectivity index (χ2n) is 8.21. The molecule has 3 amide bonds. The Morgan fingerprint density at radius 1 is 0.853 bits per heavy atom. The van der Waals surface area contributed by atoms with Gasteiger partial charge in [0.2, 0.25) is 17.7 Å². The lowest BCUT2D eigenvalue weighted by Crippen LogP contribution is -2.58. The maximum Gasteiger partial charge on any atom is 0.326 e. The molecule has 0 aromatic carbocycles. The van der Waals surface area contributed by atoms with Gasteiger partial charge in [-0.25, -0.2) is 4.79 Å². The number of nitrogens with two attached hydrogens (primary N) is 4. The molecule has 0 aliphatic carbocycles. The molecule has 0 aromatic rings. The Morgan fingerprint density at radius 3 is 1.88 bits per heavy atom. The van der Waals surface area contributed by atoms with Crippen molar-refractivity contribution in [3.8, 4) is 0 Å². The van der Waals surface area contributed by atoms with Gasteiger partial charge >= 0.3 is 5.97 Å². The summed E-state index contributed by atoms with van der Waals surface area (Å²) < 4.78 is 0. The van der Waals surface area contributed by atoms with Gasteiger partial charge in [-0.2, -0.15) is 0 Å². The van der Waals surface area contributed by atoms with E-state index in [-0.39, 0.29) is 31.3 Å². The Morgan fingerprint density at radius 2 is 1.38 bits per heavy atom. The summed E-state index contributed by atoms with van der Waals surface area (Å²) in [6.07, 6.45) is 1.64. The molecular weight excluding hydrogens is 448 g/mol. The highest BCUT2D eigenvalue weighted by Gasteiger charge is 2.30. The molecule has 0 aromatic heterocycles. The van der Waals surface area contributed by atoms with Crippen molar-refractivity contribution in [2.24, 2.45) is 33.8 Å². The van der Waals surface area contributed by atoms with Crippen LogP contribution in [-0.4, -0.2) is 83.7 Å². The Balaban J connectivity index is 5.29. The standard InChI is InChI=1S/C20H40N8O6/c1-11(2)15(22)18(32)26-12(7-5-9-25-20(23)24)16(30)28-14(10-29)17(31)27-13(19(33)34)6-3-4-8-21/h11-15,29H,3-10,21-22H2,1-2H3,(H,26,32)(H,27,31)(H,28,30)(H,33,34)(H4,23,24,25).